The number of hydrogen-bond acceptors (Lipinski definition) is 3. The van der Waals surface area contributed by atoms with Crippen molar-refractivity contribution in [2.45, 2.75) is 19.4 Å². The van der Waals surface area contributed by atoms with Crippen molar-refractivity contribution in [2.75, 3.05) is 18.5 Å². The van der Waals surface area contributed by atoms with Gasteiger partial charge in [-0.05, 0) is 48.7 Å². The molecule has 0 amide bonds. The Bertz CT molecular complexity index is 1290. The molecule has 4 aromatic rings. The molecule has 4 nitrogen and oxygen atoms in total. The number of rotatable bonds is 7. The second kappa shape index (κ2) is 9.77. The molecule has 0 aliphatic carbocycles. The molecule has 0 saturated carbocycles. The second-order valence-corrected chi connectivity index (χ2v) is 7.96. The van der Waals surface area contributed by atoms with Gasteiger partial charge in [-0.3, -0.25) is 9.36 Å². The Morgan fingerprint density at radius 2 is 1.61 bits per heavy atom. The lowest BCUT2D eigenvalue weighted by atomic mass is 9.98. The van der Waals surface area contributed by atoms with E-state index in [1.165, 1.54) is 0 Å². The van der Waals surface area contributed by atoms with Crippen LogP contribution in [0.25, 0.3) is 10.9 Å². The van der Waals surface area contributed by atoms with Gasteiger partial charge in [0.2, 0.25) is 0 Å². The molecule has 0 N–H and O–H groups in total. The molecule has 6 heteroatoms. The summed E-state index contributed by atoms with van der Waals surface area (Å²) in [7, 11) is 1.82. The van der Waals surface area contributed by atoms with E-state index in [9.17, 15) is 13.6 Å². The van der Waals surface area contributed by atoms with Crippen LogP contribution in [-0.4, -0.2) is 23.1 Å². The van der Waals surface area contributed by atoms with E-state index in [-0.39, 0.29) is 18.0 Å². The van der Waals surface area contributed by atoms with Gasteiger partial charge in [0.15, 0.2) is 0 Å². The van der Waals surface area contributed by atoms with Crippen molar-refractivity contribution in [2.24, 2.45) is 0 Å². The highest BCUT2D eigenvalue weighted by Gasteiger charge is 2.21. The normalized spacial score (nSPS) is 11.1. The minimum atomic E-state index is -1.68. The number of halogens is 2. The quantitative estimate of drug-likeness (QED) is 0.353. The Labute approximate surface area is 191 Å². The van der Waals surface area contributed by atoms with Crippen molar-refractivity contribution in [3.05, 3.63) is 118 Å². The van der Waals surface area contributed by atoms with Crippen LogP contribution >= 0.6 is 0 Å². The maximum absolute atomic E-state index is 13.8. The minimum Gasteiger partial charge on any atom is -0.374 e. The van der Waals surface area contributed by atoms with Crippen LogP contribution < -0.4 is 10.5 Å². The Kier molecular flexibility index (Phi) is 6.63. The van der Waals surface area contributed by atoms with E-state index in [1.54, 1.807) is 10.6 Å². The first-order chi connectivity index (χ1) is 16.0. The molecule has 1 aromatic heterocycles. The lowest BCUT2D eigenvalue weighted by Gasteiger charge is -2.24. The third-order valence-electron chi connectivity index (χ3n) is 5.75. The third-order valence-corrected chi connectivity index (χ3v) is 5.75. The van der Waals surface area contributed by atoms with Gasteiger partial charge in [0, 0.05) is 19.3 Å². The topological polar surface area (TPSA) is 38.1 Å². The number of benzene rings is 3. The molecular formula is C27H25F2N3O. The standard InChI is InChI=1S/C27H25F2N3O/c1-19-30-24-16-15-22(31(2)17-9-14-25(28)29)18-23(24)27(33)32(19)26(20-10-5-3-6-11-20)21-12-7-4-8-13-21/h3-8,10-16,18,26H,9,17H2,1-2H3. The number of hydrogen-bond donors (Lipinski definition) is 0. The summed E-state index contributed by atoms with van der Waals surface area (Å²) in [5, 5.41) is 0.494. The first-order valence-electron chi connectivity index (χ1n) is 10.8. The Morgan fingerprint density at radius 3 is 2.18 bits per heavy atom. The van der Waals surface area contributed by atoms with Crippen molar-refractivity contribution in [3.63, 3.8) is 0 Å². The largest absolute Gasteiger partial charge is 0.374 e. The van der Waals surface area contributed by atoms with Gasteiger partial charge in [-0.15, -0.1) is 0 Å². The average Bonchev–Trinajstić information content (AvgIpc) is 2.82. The van der Waals surface area contributed by atoms with Crippen molar-refractivity contribution in [1.82, 2.24) is 9.55 Å². The van der Waals surface area contributed by atoms with Crippen molar-refractivity contribution in [1.29, 1.82) is 0 Å². The van der Waals surface area contributed by atoms with E-state index in [0.29, 0.717) is 23.3 Å². The Hall–Kier alpha value is -3.80. The molecule has 168 valence electrons. The number of aryl methyl sites for hydroxylation is 1. The highest BCUT2D eigenvalue weighted by molar-refractivity contribution is 5.82. The van der Waals surface area contributed by atoms with E-state index in [0.717, 1.165) is 22.9 Å². The number of fused-ring (bicyclic) bond motifs is 1. The van der Waals surface area contributed by atoms with Crippen LogP contribution in [0.4, 0.5) is 14.5 Å². The Balaban J connectivity index is 1.84. The molecule has 1 heterocycles. The molecule has 4 rings (SSSR count). The first-order valence-corrected chi connectivity index (χ1v) is 10.8. The molecule has 0 atom stereocenters. The number of aromatic nitrogens is 2. The second-order valence-electron chi connectivity index (χ2n) is 7.96. The summed E-state index contributed by atoms with van der Waals surface area (Å²) in [6, 6.07) is 24.9. The smallest absolute Gasteiger partial charge is 0.266 e. The van der Waals surface area contributed by atoms with Crippen molar-refractivity contribution >= 4 is 16.6 Å². The molecular weight excluding hydrogens is 420 g/mol. The van der Waals surface area contributed by atoms with Gasteiger partial charge < -0.3 is 4.90 Å². The van der Waals surface area contributed by atoms with Crippen LogP contribution in [-0.2, 0) is 0 Å². The van der Waals surface area contributed by atoms with Crippen LogP contribution in [0.3, 0.4) is 0 Å². The summed E-state index contributed by atoms with van der Waals surface area (Å²) in [5.74, 6) is 0.620. The highest BCUT2D eigenvalue weighted by atomic mass is 19.3. The molecule has 0 aliphatic heterocycles. The summed E-state index contributed by atoms with van der Waals surface area (Å²) in [4.78, 5) is 20.4. The monoisotopic (exact) mass is 445 g/mol. The molecule has 0 radical (unpaired) electrons. The molecule has 0 spiro atoms. The number of anilines is 1. The SMILES string of the molecule is Cc1nc2ccc(N(C)CCC=C(F)F)cc2c(=O)n1C(c1ccccc1)c1ccccc1. The molecule has 0 unspecified atom stereocenters. The van der Waals surface area contributed by atoms with Crippen LogP contribution in [0.2, 0.25) is 0 Å². The van der Waals surface area contributed by atoms with Gasteiger partial charge in [0.1, 0.15) is 5.82 Å². The van der Waals surface area contributed by atoms with E-state index in [2.05, 4.69) is 0 Å². The third kappa shape index (κ3) is 4.85. The predicted octanol–water partition coefficient (Wildman–Crippen LogP) is 5.95. The fourth-order valence-corrected chi connectivity index (χ4v) is 4.10. The zero-order valence-corrected chi connectivity index (χ0v) is 18.6. The van der Waals surface area contributed by atoms with E-state index >= 15 is 0 Å². The fraction of sp³-hybridized carbons (Fsp3) is 0.185. The average molecular weight is 446 g/mol. The van der Waals surface area contributed by atoms with Gasteiger partial charge in [-0.25, -0.2) is 4.98 Å². The zero-order chi connectivity index (χ0) is 23.4. The maximum Gasteiger partial charge on any atom is 0.266 e. The molecule has 0 saturated heterocycles. The van der Waals surface area contributed by atoms with Gasteiger partial charge in [-0.1, -0.05) is 60.7 Å². The summed E-state index contributed by atoms with van der Waals surface area (Å²) in [6.45, 7) is 2.25. The zero-order valence-electron chi connectivity index (χ0n) is 18.6. The van der Waals surface area contributed by atoms with Gasteiger partial charge in [-0.2, -0.15) is 8.78 Å². The molecule has 0 aliphatic rings. The highest BCUT2D eigenvalue weighted by Crippen LogP contribution is 2.27. The van der Waals surface area contributed by atoms with E-state index in [4.69, 9.17) is 4.98 Å². The van der Waals surface area contributed by atoms with Gasteiger partial charge in [0.25, 0.3) is 11.6 Å². The van der Waals surface area contributed by atoms with Gasteiger partial charge >= 0.3 is 0 Å². The predicted molar refractivity (Wildman–Crippen MR) is 129 cm³/mol. The summed E-state index contributed by atoms with van der Waals surface area (Å²) >= 11 is 0. The van der Waals surface area contributed by atoms with Crippen molar-refractivity contribution in [3.8, 4) is 0 Å². The molecule has 0 fully saturated rings. The first kappa shape index (κ1) is 22.4. The molecule has 33 heavy (non-hydrogen) atoms. The summed E-state index contributed by atoms with van der Waals surface area (Å²) < 4.78 is 26.5. The number of nitrogens with zero attached hydrogens (tertiary/aromatic N) is 3. The Morgan fingerprint density at radius 1 is 1.00 bits per heavy atom. The van der Waals surface area contributed by atoms with E-state index in [1.807, 2.05) is 91.7 Å². The van der Waals surface area contributed by atoms with Crippen LogP contribution in [0, 0.1) is 6.92 Å². The lowest BCUT2D eigenvalue weighted by molar-refractivity contribution is 0.417. The summed E-state index contributed by atoms with van der Waals surface area (Å²) in [6.07, 6.45) is -0.561. The van der Waals surface area contributed by atoms with Crippen molar-refractivity contribution < 1.29 is 8.78 Å². The van der Waals surface area contributed by atoms with Crippen LogP contribution in [0.1, 0.15) is 29.4 Å². The molecule has 3 aromatic carbocycles. The molecule has 0 bridgehead atoms. The maximum atomic E-state index is 13.8. The van der Waals surface area contributed by atoms with Crippen LogP contribution in [0.5, 0.6) is 0 Å². The van der Waals surface area contributed by atoms with Gasteiger partial charge in [0.05, 0.1) is 16.9 Å². The van der Waals surface area contributed by atoms with E-state index < -0.39 is 6.08 Å². The lowest BCUT2D eigenvalue weighted by Crippen LogP contribution is -2.29. The van der Waals surface area contributed by atoms with Crippen LogP contribution in [0.15, 0.2) is 95.8 Å². The minimum absolute atomic E-state index is 0.139. The fourth-order valence-electron chi connectivity index (χ4n) is 4.10. The summed E-state index contributed by atoms with van der Waals surface area (Å²) in [5.41, 5.74) is 3.23.